The third-order valence-corrected chi connectivity index (χ3v) is 5.73. The maximum atomic E-state index is 11.1. The van der Waals surface area contributed by atoms with Gasteiger partial charge in [0.1, 0.15) is 24.0 Å². The normalized spacial score (nSPS) is 16.6. The van der Waals surface area contributed by atoms with E-state index in [4.69, 9.17) is 9.72 Å². The van der Waals surface area contributed by atoms with Crippen LogP contribution in [-0.4, -0.2) is 35.5 Å². The number of nitrogens with one attached hydrogen (secondary N) is 1. The molecule has 3 heterocycles. The molecular weight excluding hydrogens is 352 g/mol. The Hall–Kier alpha value is -2.63. The van der Waals surface area contributed by atoms with Crippen LogP contribution in [0.3, 0.4) is 0 Å². The van der Waals surface area contributed by atoms with Crippen molar-refractivity contribution in [3.8, 4) is 5.75 Å². The molecule has 6 heteroatoms. The molecule has 28 heavy (non-hydrogen) atoms. The van der Waals surface area contributed by atoms with Crippen molar-refractivity contribution in [1.29, 1.82) is 0 Å². The van der Waals surface area contributed by atoms with Crippen LogP contribution in [0.25, 0.3) is 0 Å². The van der Waals surface area contributed by atoms with Gasteiger partial charge >= 0.3 is 0 Å². The zero-order chi connectivity index (χ0) is 19.5. The molecule has 2 aliphatic heterocycles. The number of anilines is 1. The molecular formula is C22H28N4O2. The number of amides is 1. The zero-order valence-electron chi connectivity index (χ0n) is 16.7. The minimum Gasteiger partial charge on any atom is -0.487 e. The Morgan fingerprint density at radius 3 is 2.82 bits per heavy atom. The molecule has 0 bridgehead atoms. The first kappa shape index (κ1) is 18.7. The SMILES string of the molecule is CC(=O)NCCC1CCN(c2nc(C)nc3c2Cc2ccccc2OC3)CC1. The Morgan fingerprint density at radius 2 is 2.04 bits per heavy atom. The van der Waals surface area contributed by atoms with Gasteiger partial charge in [-0.15, -0.1) is 0 Å². The predicted molar refractivity (Wildman–Crippen MR) is 109 cm³/mol. The maximum Gasteiger partial charge on any atom is 0.216 e. The number of aromatic nitrogens is 2. The molecule has 1 saturated heterocycles. The van der Waals surface area contributed by atoms with E-state index in [1.54, 1.807) is 6.92 Å². The van der Waals surface area contributed by atoms with Crippen molar-refractivity contribution in [3.63, 3.8) is 0 Å². The molecule has 1 N–H and O–H groups in total. The van der Waals surface area contributed by atoms with E-state index >= 15 is 0 Å². The number of carbonyl (C=O) groups is 1. The van der Waals surface area contributed by atoms with Crippen molar-refractivity contribution in [3.05, 3.63) is 46.9 Å². The van der Waals surface area contributed by atoms with Gasteiger partial charge in [-0.3, -0.25) is 4.79 Å². The molecule has 0 spiro atoms. The molecule has 0 atom stereocenters. The van der Waals surface area contributed by atoms with Gasteiger partial charge in [0.2, 0.25) is 5.91 Å². The smallest absolute Gasteiger partial charge is 0.216 e. The quantitative estimate of drug-likeness (QED) is 0.883. The number of benzene rings is 1. The van der Waals surface area contributed by atoms with E-state index in [1.165, 1.54) is 11.1 Å². The van der Waals surface area contributed by atoms with Gasteiger partial charge in [-0.1, -0.05) is 18.2 Å². The molecule has 2 aliphatic rings. The van der Waals surface area contributed by atoms with Crippen molar-refractivity contribution < 1.29 is 9.53 Å². The summed E-state index contributed by atoms with van der Waals surface area (Å²) in [6, 6.07) is 8.23. The second-order valence-electron chi connectivity index (χ2n) is 7.79. The van der Waals surface area contributed by atoms with Crippen LogP contribution in [0.15, 0.2) is 24.3 Å². The number of ether oxygens (including phenoxy) is 1. The van der Waals surface area contributed by atoms with E-state index in [0.717, 1.165) is 68.4 Å². The van der Waals surface area contributed by atoms with E-state index in [0.29, 0.717) is 12.5 Å². The minimum absolute atomic E-state index is 0.0547. The highest BCUT2D eigenvalue weighted by atomic mass is 16.5. The van der Waals surface area contributed by atoms with Crippen molar-refractivity contribution in [1.82, 2.24) is 15.3 Å². The first-order valence-corrected chi connectivity index (χ1v) is 10.2. The molecule has 0 aliphatic carbocycles. The highest BCUT2D eigenvalue weighted by Gasteiger charge is 2.26. The molecule has 1 amide bonds. The van der Waals surface area contributed by atoms with E-state index in [2.05, 4.69) is 27.3 Å². The number of fused-ring (bicyclic) bond motifs is 2. The van der Waals surface area contributed by atoms with Gasteiger partial charge in [0.25, 0.3) is 0 Å². The van der Waals surface area contributed by atoms with Crippen molar-refractivity contribution in [2.24, 2.45) is 5.92 Å². The lowest BCUT2D eigenvalue weighted by atomic mass is 9.93. The lowest BCUT2D eigenvalue weighted by Gasteiger charge is -2.34. The number of rotatable bonds is 4. The van der Waals surface area contributed by atoms with Crippen LogP contribution >= 0.6 is 0 Å². The summed E-state index contributed by atoms with van der Waals surface area (Å²) in [5.74, 6) is 3.53. The molecule has 1 fully saturated rings. The summed E-state index contributed by atoms with van der Waals surface area (Å²) >= 11 is 0. The van der Waals surface area contributed by atoms with Gasteiger partial charge in [0.05, 0.1) is 5.69 Å². The van der Waals surface area contributed by atoms with Gasteiger partial charge in [-0.25, -0.2) is 9.97 Å². The predicted octanol–water partition coefficient (Wildman–Crippen LogP) is 3.01. The lowest BCUT2D eigenvalue weighted by molar-refractivity contribution is -0.119. The lowest BCUT2D eigenvalue weighted by Crippen LogP contribution is -2.36. The molecule has 148 valence electrons. The topological polar surface area (TPSA) is 67.4 Å². The molecule has 0 unspecified atom stereocenters. The van der Waals surface area contributed by atoms with Crippen LogP contribution < -0.4 is 15.0 Å². The fourth-order valence-electron chi connectivity index (χ4n) is 4.21. The van der Waals surface area contributed by atoms with Crippen molar-refractivity contribution >= 4 is 11.7 Å². The van der Waals surface area contributed by atoms with E-state index in [1.807, 2.05) is 19.1 Å². The zero-order valence-corrected chi connectivity index (χ0v) is 16.7. The first-order chi connectivity index (χ1) is 13.6. The van der Waals surface area contributed by atoms with Crippen LogP contribution in [0.1, 0.15) is 48.8 Å². The van der Waals surface area contributed by atoms with E-state index in [9.17, 15) is 4.79 Å². The van der Waals surface area contributed by atoms with E-state index in [-0.39, 0.29) is 5.91 Å². The fraction of sp³-hybridized carbons (Fsp3) is 0.500. The summed E-state index contributed by atoms with van der Waals surface area (Å²) in [6.07, 6.45) is 4.12. The summed E-state index contributed by atoms with van der Waals surface area (Å²) in [6.45, 7) is 6.80. The van der Waals surface area contributed by atoms with Crippen LogP contribution in [0, 0.1) is 12.8 Å². The number of piperidine rings is 1. The second-order valence-corrected chi connectivity index (χ2v) is 7.79. The molecule has 0 radical (unpaired) electrons. The fourth-order valence-corrected chi connectivity index (χ4v) is 4.21. The van der Waals surface area contributed by atoms with Crippen LogP contribution in [-0.2, 0) is 17.8 Å². The summed E-state index contributed by atoms with van der Waals surface area (Å²) in [5.41, 5.74) is 3.40. The van der Waals surface area contributed by atoms with Crippen molar-refractivity contribution in [2.75, 3.05) is 24.5 Å². The summed E-state index contributed by atoms with van der Waals surface area (Å²) in [4.78, 5) is 23.0. The standard InChI is InChI=1S/C22H28N4O2/c1-15-24-20-14-28-21-6-4-3-5-18(21)13-19(20)22(25-15)26-11-8-17(9-12-26)7-10-23-16(2)27/h3-6,17H,7-14H2,1-2H3,(H,23,27). The van der Waals surface area contributed by atoms with Gasteiger partial charge in [0, 0.05) is 38.5 Å². The summed E-state index contributed by atoms with van der Waals surface area (Å²) in [5, 5.41) is 2.91. The monoisotopic (exact) mass is 380 g/mol. The number of nitrogens with zero attached hydrogens (tertiary/aromatic N) is 3. The highest BCUT2D eigenvalue weighted by molar-refractivity contribution is 5.72. The minimum atomic E-state index is 0.0547. The Kier molecular flexibility index (Phi) is 5.46. The van der Waals surface area contributed by atoms with Crippen LogP contribution in [0.2, 0.25) is 0 Å². The number of carbonyl (C=O) groups excluding carboxylic acids is 1. The number of hydrogen-bond acceptors (Lipinski definition) is 5. The number of aryl methyl sites for hydroxylation is 1. The van der Waals surface area contributed by atoms with Crippen LogP contribution in [0.5, 0.6) is 5.75 Å². The van der Waals surface area contributed by atoms with Gasteiger partial charge in [-0.05, 0) is 43.7 Å². The average molecular weight is 380 g/mol. The largest absolute Gasteiger partial charge is 0.487 e. The maximum absolute atomic E-state index is 11.1. The molecule has 4 rings (SSSR count). The summed E-state index contributed by atoms with van der Waals surface area (Å²) in [7, 11) is 0. The van der Waals surface area contributed by atoms with Crippen molar-refractivity contribution in [2.45, 2.75) is 46.1 Å². The van der Waals surface area contributed by atoms with Gasteiger partial charge in [0.15, 0.2) is 0 Å². The first-order valence-electron chi connectivity index (χ1n) is 10.2. The Labute approximate surface area is 166 Å². The average Bonchev–Trinajstić information content (AvgIpc) is 2.87. The van der Waals surface area contributed by atoms with Crippen LogP contribution in [0.4, 0.5) is 5.82 Å². The second kappa shape index (κ2) is 8.17. The van der Waals surface area contributed by atoms with Gasteiger partial charge < -0.3 is 15.0 Å². The molecule has 6 nitrogen and oxygen atoms in total. The van der Waals surface area contributed by atoms with E-state index < -0.39 is 0 Å². The number of hydrogen-bond donors (Lipinski definition) is 1. The number of para-hydroxylation sites is 1. The molecule has 1 aromatic heterocycles. The summed E-state index contributed by atoms with van der Waals surface area (Å²) < 4.78 is 6.01. The molecule has 2 aromatic rings. The third kappa shape index (κ3) is 4.11. The van der Waals surface area contributed by atoms with Gasteiger partial charge in [-0.2, -0.15) is 0 Å². The molecule has 0 saturated carbocycles. The Balaban J connectivity index is 1.51. The highest BCUT2D eigenvalue weighted by Crippen LogP contribution is 2.33. The Bertz CT molecular complexity index is 860. The third-order valence-electron chi connectivity index (χ3n) is 5.73. The Morgan fingerprint density at radius 1 is 1.25 bits per heavy atom. The molecule has 1 aromatic carbocycles.